The first-order valence-corrected chi connectivity index (χ1v) is 9.27. The zero-order valence-electron chi connectivity index (χ0n) is 17.7. The van der Waals surface area contributed by atoms with Gasteiger partial charge in [0.25, 0.3) is 0 Å². The quantitative estimate of drug-likeness (QED) is 0.599. The van der Waals surface area contributed by atoms with Crippen molar-refractivity contribution in [1.29, 1.82) is 0 Å². The fourth-order valence-electron chi connectivity index (χ4n) is 2.62. The summed E-state index contributed by atoms with van der Waals surface area (Å²) in [5, 5.41) is 2.71. The molecule has 0 spiro atoms. The number of benzene rings is 1. The van der Waals surface area contributed by atoms with E-state index in [2.05, 4.69) is 5.32 Å². The third kappa shape index (κ3) is 5.72. The molecule has 0 saturated carbocycles. The number of nitrogen functional groups attached to an aromatic ring is 1. The average Bonchev–Trinajstić information content (AvgIpc) is 2.68. The van der Waals surface area contributed by atoms with Gasteiger partial charge in [-0.2, -0.15) is 0 Å². The number of hydrogen-bond acceptors (Lipinski definition) is 5. The molecule has 1 heterocycles. The SMILES string of the molecule is CC(C)(C)OC(=O)NCC(=Cc1cc(N)cc(F)c1)B1OC(C)(C)C(C)(C)O1. The predicted molar refractivity (Wildman–Crippen MR) is 109 cm³/mol. The fourth-order valence-corrected chi connectivity index (χ4v) is 2.62. The molecule has 1 aromatic carbocycles. The topological polar surface area (TPSA) is 82.8 Å². The van der Waals surface area contributed by atoms with Crippen LogP contribution < -0.4 is 11.1 Å². The molecule has 1 fully saturated rings. The van der Waals surface area contributed by atoms with Crippen molar-refractivity contribution in [2.75, 3.05) is 12.3 Å². The van der Waals surface area contributed by atoms with E-state index in [1.54, 1.807) is 32.9 Å². The highest BCUT2D eigenvalue weighted by molar-refractivity contribution is 6.56. The van der Waals surface area contributed by atoms with Gasteiger partial charge in [-0.05, 0) is 77.7 Å². The second-order valence-corrected chi connectivity index (χ2v) is 8.98. The van der Waals surface area contributed by atoms with E-state index in [0.29, 0.717) is 16.7 Å². The summed E-state index contributed by atoms with van der Waals surface area (Å²) in [7, 11) is -0.704. The first-order valence-electron chi connectivity index (χ1n) is 9.27. The summed E-state index contributed by atoms with van der Waals surface area (Å²) < 4.78 is 31.2. The Morgan fingerprint density at radius 3 is 2.29 bits per heavy atom. The number of hydrogen-bond donors (Lipinski definition) is 2. The third-order valence-corrected chi connectivity index (χ3v) is 4.69. The lowest BCUT2D eigenvalue weighted by Gasteiger charge is -2.32. The minimum atomic E-state index is -0.704. The number of alkyl carbamates (subject to hydrolysis) is 1. The molecule has 0 radical (unpaired) electrons. The molecule has 1 saturated heterocycles. The Kier molecular flexibility index (Phi) is 6.16. The van der Waals surface area contributed by atoms with Gasteiger partial charge in [-0.25, -0.2) is 9.18 Å². The third-order valence-electron chi connectivity index (χ3n) is 4.69. The van der Waals surface area contributed by atoms with Crippen molar-refractivity contribution < 1.29 is 23.2 Å². The zero-order valence-corrected chi connectivity index (χ0v) is 17.7. The van der Waals surface area contributed by atoms with Crippen LogP contribution in [0.4, 0.5) is 14.9 Å². The van der Waals surface area contributed by atoms with Gasteiger partial charge in [-0.3, -0.25) is 0 Å². The number of rotatable bonds is 4. The minimum absolute atomic E-state index is 0.113. The van der Waals surface area contributed by atoms with E-state index in [9.17, 15) is 9.18 Å². The Morgan fingerprint density at radius 2 is 1.79 bits per heavy atom. The summed E-state index contributed by atoms with van der Waals surface area (Å²) in [4.78, 5) is 12.1. The number of ether oxygens (including phenoxy) is 1. The highest BCUT2D eigenvalue weighted by Gasteiger charge is 2.52. The van der Waals surface area contributed by atoms with E-state index in [1.807, 2.05) is 27.7 Å². The lowest BCUT2D eigenvalue weighted by Crippen LogP contribution is -2.41. The maximum absolute atomic E-state index is 13.7. The number of amides is 1. The largest absolute Gasteiger partial charge is 0.492 e. The van der Waals surface area contributed by atoms with Crippen LogP contribution in [0.15, 0.2) is 23.7 Å². The van der Waals surface area contributed by atoms with Crippen LogP contribution in [0.1, 0.15) is 54.0 Å². The van der Waals surface area contributed by atoms with Gasteiger partial charge in [-0.1, -0.05) is 6.08 Å². The van der Waals surface area contributed by atoms with Crippen molar-refractivity contribution in [3.8, 4) is 0 Å². The van der Waals surface area contributed by atoms with E-state index in [0.717, 1.165) is 0 Å². The van der Waals surface area contributed by atoms with Gasteiger partial charge in [0.2, 0.25) is 0 Å². The van der Waals surface area contributed by atoms with Crippen molar-refractivity contribution in [3.05, 3.63) is 35.1 Å². The molecule has 1 aliphatic heterocycles. The van der Waals surface area contributed by atoms with Crippen LogP contribution in [0, 0.1) is 5.82 Å². The lowest BCUT2D eigenvalue weighted by atomic mass is 9.77. The predicted octanol–water partition coefficient (Wildman–Crippen LogP) is 3.95. The Labute approximate surface area is 166 Å². The number of halogens is 1. The van der Waals surface area contributed by atoms with Crippen molar-refractivity contribution in [2.45, 2.75) is 65.3 Å². The number of anilines is 1. The van der Waals surface area contributed by atoms with Crippen molar-refractivity contribution >= 4 is 25.0 Å². The van der Waals surface area contributed by atoms with E-state index in [1.165, 1.54) is 12.1 Å². The molecule has 28 heavy (non-hydrogen) atoms. The molecule has 154 valence electrons. The normalized spacial score (nSPS) is 18.9. The summed E-state index contributed by atoms with van der Waals surface area (Å²) in [6.45, 7) is 13.2. The highest BCUT2D eigenvalue weighted by atomic mass is 19.1. The number of nitrogens with two attached hydrogens (primary N) is 1. The molecule has 0 bridgehead atoms. The number of carbonyl (C=O) groups excluding carboxylic acids is 1. The van der Waals surface area contributed by atoms with Gasteiger partial charge in [0, 0.05) is 12.2 Å². The fraction of sp³-hybridized carbons (Fsp3) is 0.550. The van der Waals surface area contributed by atoms with Crippen LogP contribution in [-0.4, -0.2) is 36.6 Å². The monoisotopic (exact) mass is 392 g/mol. The molecule has 0 unspecified atom stereocenters. The van der Waals surface area contributed by atoms with Crippen LogP contribution in [0.25, 0.3) is 6.08 Å². The highest BCUT2D eigenvalue weighted by Crippen LogP contribution is 2.38. The van der Waals surface area contributed by atoms with E-state index in [-0.39, 0.29) is 6.54 Å². The van der Waals surface area contributed by atoms with Crippen molar-refractivity contribution in [3.63, 3.8) is 0 Å². The van der Waals surface area contributed by atoms with Crippen LogP contribution in [0.5, 0.6) is 0 Å². The summed E-state index contributed by atoms with van der Waals surface area (Å²) >= 11 is 0. The maximum atomic E-state index is 13.7. The summed E-state index contributed by atoms with van der Waals surface area (Å²) in [6.07, 6.45) is 1.15. The minimum Gasteiger partial charge on any atom is -0.444 e. The smallest absolute Gasteiger partial charge is 0.444 e. The molecular weight excluding hydrogens is 362 g/mol. The van der Waals surface area contributed by atoms with Gasteiger partial charge >= 0.3 is 13.2 Å². The molecule has 2 rings (SSSR count). The standard InChI is InChI=1S/C20H30BFN2O4/c1-18(2,3)26-17(25)24-12-14(8-13-9-15(22)11-16(23)10-13)21-27-19(4,5)20(6,7)28-21/h8-11H,12,23H2,1-7H3,(H,24,25). The van der Waals surface area contributed by atoms with E-state index >= 15 is 0 Å². The molecule has 1 aliphatic rings. The van der Waals surface area contributed by atoms with Gasteiger partial charge in [0.1, 0.15) is 11.4 Å². The first-order chi connectivity index (χ1) is 12.7. The molecule has 0 atom stereocenters. The Hall–Kier alpha value is -2.06. The van der Waals surface area contributed by atoms with Crippen LogP contribution in [0.3, 0.4) is 0 Å². The van der Waals surface area contributed by atoms with Gasteiger partial charge in [-0.15, -0.1) is 0 Å². The molecule has 3 N–H and O–H groups in total. The van der Waals surface area contributed by atoms with E-state index < -0.39 is 35.8 Å². The second kappa shape index (κ2) is 7.76. The van der Waals surface area contributed by atoms with Gasteiger partial charge in [0.15, 0.2) is 0 Å². The zero-order chi connectivity index (χ0) is 21.3. The van der Waals surface area contributed by atoms with Crippen LogP contribution >= 0.6 is 0 Å². The Balaban J connectivity index is 2.28. The molecule has 6 nitrogen and oxygen atoms in total. The molecule has 1 aromatic rings. The number of carbonyl (C=O) groups is 1. The van der Waals surface area contributed by atoms with Crippen LogP contribution in [-0.2, 0) is 14.0 Å². The van der Waals surface area contributed by atoms with Crippen LogP contribution in [0.2, 0.25) is 0 Å². The molecular formula is C20H30BFN2O4. The molecule has 1 amide bonds. The Morgan fingerprint density at radius 1 is 1.21 bits per heavy atom. The molecule has 8 heteroatoms. The number of nitrogens with one attached hydrogen (secondary N) is 1. The first kappa shape index (κ1) is 22.2. The van der Waals surface area contributed by atoms with Gasteiger partial charge in [0.05, 0.1) is 11.2 Å². The maximum Gasteiger partial charge on any atom is 0.492 e. The van der Waals surface area contributed by atoms with Gasteiger partial charge < -0.3 is 25.1 Å². The Bertz CT molecular complexity index is 736. The average molecular weight is 392 g/mol. The summed E-state index contributed by atoms with van der Waals surface area (Å²) in [6, 6.07) is 4.24. The molecule has 0 aromatic heterocycles. The molecule has 0 aliphatic carbocycles. The summed E-state index contributed by atoms with van der Waals surface area (Å²) in [5.41, 5.74) is 5.50. The van der Waals surface area contributed by atoms with Crippen molar-refractivity contribution in [1.82, 2.24) is 5.32 Å². The van der Waals surface area contributed by atoms with Crippen molar-refractivity contribution in [2.24, 2.45) is 0 Å². The lowest BCUT2D eigenvalue weighted by molar-refractivity contribution is 0.00578. The van der Waals surface area contributed by atoms with E-state index in [4.69, 9.17) is 19.8 Å². The summed E-state index contributed by atoms with van der Waals surface area (Å²) in [5.74, 6) is -0.445. The second-order valence-electron chi connectivity index (χ2n) is 8.98.